The molecule has 2 aromatic heterocycles. The number of hydrogen-bond donors (Lipinski definition) is 1. The van der Waals surface area contributed by atoms with Gasteiger partial charge in [-0.3, -0.25) is 5.10 Å². The van der Waals surface area contributed by atoms with Crippen LogP contribution in [0.15, 0.2) is 34.7 Å². The average Bonchev–Trinajstić information content (AvgIpc) is 2.71. The maximum absolute atomic E-state index is 8.63. The Morgan fingerprint density at radius 1 is 1.43 bits per heavy atom. The molecular formula is C8H5N5S. The third-order valence-corrected chi connectivity index (χ3v) is 2.33. The van der Waals surface area contributed by atoms with E-state index in [2.05, 4.69) is 20.2 Å². The monoisotopic (exact) mass is 203 g/mol. The van der Waals surface area contributed by atoms with E-state index in [1.165, 1.54) is 18.1 Å². The van der Waals surface area contributed by atoms with Gasteiger partial charge in [0.15, 0.2) is 5.16 Å². The zero-order valence-corrected chi connectivity index (χ0v) is 7.82. The molecule has 2 rings (SSSR count). The lowest BCUT2D eigenvalue weighted by Gasteiger charge is -1.96. The molecule has 0 fully saturated rings. The van der Waals surface area contributed by atoms with Gasteiger partial charge in [-0.2, -0.15) is 10.4 Å². The van der Waals surface area contributed by atoms with Gasteiger partial charge in [0.25, 0.3) is 0 Å². The Labute approximate surface area is 84.2 Å². The van der Waals surface area contributed by atoms with E-state index in [9.17, 15) is 0 Å². The van der Waals surface area contributed by atoms with Crippen molar-refractivity contribution in [3.63, 3.8) is 0 Å². The van der Waals surface area contributed by atoms with Crippen LogP contribution in [-0.4, -0.2) is 20.2 Å². The predicted octanol–water partition coefficient (Wildman–Crippen LogP) is 1.22. The Balaban J connectivity index is 2.22. The van der Waals surface area contributed by atoms with Crippen LogP contribution < -0.4 is 0 Å². The summed E-state index contributed by atoms with van der Waals surface area (Å²) in [6.45, 7) is 0. The quantitative estimate of drug-likeness (QED) is 0.794. The highest BCUT2D eigenvalue weighted by atomic mass is 32.2. The maximum atomic E-state index is 8.63. The summed E-state index contributed by atoms with van der Waals surface area (Å²) >= 11 is 1.40. The summed E-state index contributed by atoms with van der Waals surface area (Å²) in [6.07, 6.45) is 3.03. The molecule has 0 spiro atoms. The Kier molecular flexibility index (Phi) is 2.42. The van der Waals surface area contributed by atoms with Crippen LogP contribution >= 0.6 is 11.8 Å². The summed E-state index contributed by atoms with van der Waals surface area (Å²) in [5.41, 5.74) is 0.398. The number of aromatic amines is 1. The second-order valence-electron chi connectivity index (χ2n) is 2.38. The lowest BCUT2D eigenvalue weighted by molar-refractivity contribution is 0.972. The molecule has 0 aromatic carbocycles. The van der Waals surface area contributed by atoms with Crippen LogP contribution in [0.1, 0.15) is 5.69 Å². The van der Waals surface area contributed by atoms with E-state index in [1.54, 1.807) is 12.3 Å². The van der Waals surface area contributed by atoms with Crippen molar-refractivity contribution < 1.29 is 0 Å². The van der Waals surface area contributed by atoms with Gasteiger partial charge < -0.3 is 0 Å². The number of H-pyrrole nitrogens is 1. The summed E-state index contributed by atoms with van der Waals surface area (Å²) in [4.78, 5) is 8.74. The molecule has 14 heavy (non-hydrogen) atoms. The number of nitrogens with one attached hydrogen (secondary N) is 1. The molecule has 5 nitrogen and oxygen atoms in total. The highest BCUT2D eigenvalue weighted by molar-refractivity contribution is 7.99. The fourth-order valence-electron chi connectivity index (χ4n) is 0.891. The van der Waals surface area contributed by atoms with Gasteiger partial charge in [0, 0.05) is 11.1 Å². The highest BCUT2D eigenvalue weighted by Crippen LogP contribution is 2.23. The standard InChI is InChI=1S/C8H5N5S/c9-4-6-3-7(1-2-10-6)14-8-11-5-12-13-8/h1-3,5H,(H,11,12,13). The van der Waals surface area contributed by atoms with Gasteiger partial charge in [0.05, 0.1) is 0 Å². The van der Waals surface area contributed by atoms with Gasteiger partial charge in [-0.25, -0.2) is 9.97 Å². The molecule has 68 valence electrons. The van der Waals surface area contributed by atoms with Crippen LogP contribution in [-0.2, 0) is 0 Å². The van der Waals surface area contributed by atoms with Crippen molar-refractivity contribution in [1.82, 2.24) is 20.2 Å². The van der Waals surface area contributed by atoms with E-state index < -0.39 is 0 Å². The molecule has 0 aliphatic heterocycles. The fourth-order valence-corrected chi connectivity index (χ4v) is 1.61. The molecule has 0 radical (unpaired) electrons. The lowest BCUT2D eigenvalue weighted by atomic mass is 10.4. The first kappa shape index (κ1) is 8.72. The molecule has 2 heterocycles. The zero-order chi connectivity index (χ0) is 9.80. The number of nitriles is 1. The van der Waals surface area contributed by atoms with Crippen LogP contribution in [0.4, 0.5) is 0 Å². The smallest absolute Gasteiger partial charge is 0.188 e. The highest BCUT2D eigenvalue weighted by Gasteiger charge is 2.00. The second kappa shape index (κ2) is 3.89. The first-order chi connectivity index (χ1) is 6.88. The Morgan fingerprint density at radius 3 is 3.07 bits per heavy atom. The second-order valence-corrected chi connectivity index (χ2v) is 3.44. The minimum Gasteiger partial charge on any atom is -0.254 e. The lowest BCUT2D eigenvalue weighted by Crippen LogP contribution is -1.82. The van der Waals surface area contributed by atoms with Gasteiger partial charge in [0.1, 0.15) is 18.1 Å². The number of aromatic nitrogens is 4. The molecular weight excluding hydrogens is 198 g/mol. The van der Waals surface area contributed by atoms with Crippen molar-refractivity contribution in [2.45, 2.75) is 10.1 Å². The first-order valence-corrected chi connectivity index (χ1v) is 4.59. The molecule has 0 amide bonds. The van der Waals surface area contributed by atoms with Crippen molar-refractivity contribution in [3.8, 4) is 6.07 Å². The molecule has 6 heteroatoms. The molecule has 0 aliphatic carbocycles. The molecule has 2 aromatic rings. The average molecular weight is 203 g/mol. The number of nitrogens with zero attached hydrogens (tertiary/aromatic N) is 4. The summed E-state index contributed by atoms with van der Waals surface area (Å²) in [7, 11) is 0. The molecule has 0 saturated carbocycles. The fraction of sp³-hybridized carbons (Fsp3) is 0. The topological polar surface area (TPSA) is 78.2 Å². The summed E-state index contributed by atoms with van der Waals surface area (Å²) in [5, 5.41) is 15.8. The number of rotatable bonds is 2. The minimum atomic E-state index is 0.398. The van der Waals surface area contributed by atoms with Gasteiger partial charge in [0.2, 0.25) is 0 Å². The number of pyridine rings is 1. The van der Waals surface area contributed by atoms with Crippen LogP contribution in [0.2, 0.25) is 0 Å². The molecule has 0 aliphatic rings. The molecule has 0 saturated heterocycles. The molecule has 1 N–H and O–H groups in total. The van der Waals surface area contributed by atoms with E-state index in [1.807, 2.05) is 12.1 Å². The predicted molar refractivity (Wildman–Crippen MR) is 49.5 cm³/mol. The Bertz CT molecular complexity index is 459. The van der Waals surface area contributed by atoms with Crippen molar-refractivity contribution in [2.24, 2.45) is 0 Å². The summed E-state index contributed by atoms with van der Waals surface area (Å²) < 4.78 is 0. The van der Waals surface area contributed by atoms with Crippen LogP contribution in [0, 0.1) is 11.3 Å². The largest absolute Gasteiger partial charge is 0.254 e. The number of hydrogen-bond acceptors (Lipinski definition) is 5. The van der Waals surface area contributed by atoms with Crippen LogP contribution in [0.25, 0.3) is 0 Å². The van der Waals surface area contributed by atoms with Gasteiger partial charge in [-0.05, 0) is 12.1 Å². The maximum Gasteiger partial charge on any atom is 0.188 e. The molecule has 0 unspecified atom stereocenters. The Hall–Kier alpha value is -1.87. The van der Waals surface area contributed by atoms with Crippen molar-refractivity contribution in [1.29, 1.82) is 5.26 Å². The van der Waals surface area contributed by atoms with E-state index in [-0.39, 0.29) is 0 Å². The first-order valence-electron chi connectivity index (χ1n) is 3.78. The Morgan fingerprint density at radius 2 is 2.36 bits per heavy atom. The van der Waals surface area contributed by atoms with Crippen molar-refractivity contribution >= 4 is 11.8 Å². The van der Waals surface area contributed by atoms with E-state index in [0.29, 0.717) is 10.9 Å². The van der Waals surface area contributed by atoms with E-state index >= 15 is 0 Å². The third-order valence-electron chi connectivity index (χ3n) is 1.45. The molecule has 0 atom stereocenters. The SMILES string of the molecule is N#Cc1cc(Sc2ncn[nH]2)ccn1. The minimum absolute atomic E-state index is 0.398. The normalized spacial score (nSPS) is 9.64. The van der Waals surface area contributed by atoms with Gasteiger partial charge >= 0.3 is 0 Å². The third kappa shape index (κ3) is 1.89. The van der Waals surface area contributed by atoms with Crippen molar-refractivity contribution in [2.75, 3.05) is 0 Å². The van der Waals surface area contributed by atoms with E-state index in [4.69, 9.17) is 5.26 Å². The van der Waals surface area contributed by atoms with Crippen molar-refractivity contribution in [3.05, 3.63) is 30.4 Å². The van der Waals surface area contributed by atoms with Gasteiger partial charge in [-0.1, -0.05) is 11.8 Å². The van der Waals surface area contributed by atoms with E-state index in [0.717, 1.165) is 4.90 Å². The molecule has 0 bridgehead atoms. The summed E-state index contributed by atoms with van der Waals surface area (Å²) in [5.74, 6) is 0. The van der Waals surface area contributed by atoms with Crippen LogP contribution in [0.5, 0.6) is 0 Å². The van der Waals surface area contributed by atoms with Crippen LogP contribution in [0.3, 0.4) is 0 Å². The van der Waals surface area contributed by atoms with Gasteiger partial charge in [-0.15, -0.1) is 0 Å². The summed E-state index contributed by atoms with van der Waals surface area (Å²) in [6, 6.07) is 5.49. The zero-order valence-electron chi connectivity index (χ0n) is 7.01.